The summed E-state index contributed by atoms with van der Waals surface area (Å²) in [6, 6.07) is 19.1. The average Bonchev–Trinajstić information content (AvgIpc) is 3.35. The van der Waals surface area contributed by atoms with Crippen LogP contribution in [0.15, 0.2) is 60.7 Å². The lowest BCUT2D eigenvalue weighted by atomic mass is 10.00. The summed E-state index contributed by atoms with van der Waals surface area (Å²) < 4.78 is 23.7. The summed E-state index contributed by atoms with van der Waals surface area (Å²) in [5.41, 5.74) is 5.83. The van der Waals surface area contributed by atoms with Crippen LogP contribution in [0.3, 0.4) is 0 Å². The highest BCUT2D eigenvalue weighted by atomic mass is 16.5. The van der Waals surface area contributed by atoms with Crippen molar-refractivity contribution in [1.29, 1.82) is 0 Å². The van der Waals surface area contributed by atoms with E-state index in [0.29, 0.717) is 68.6 Å². The molecule has 0 unspecified atom stereocenters. The minimum Gasteiger partial charge on any atom is -0.493 e. The lowest BCUT2D eigenvalue weighted by Gasteiger charge is -2.39. The Kier molecular flexibility index (Phi) is 10.1. The summed E-state index contributed by atoms with van der Waals surface area (Å²) in [4.78, 5) is 34.8. The summed E-state index contributed by atoms with van der Waals surface area (Å²) in [6.07, 6.45) is 1.10. The van der Waals surface area contributed by atoms with Crippen molar-refractivity contribution in [3.8, 4) is 17.2 Å². The zero-order chi connectivity index (χ0) is 32.9. The number of H-pyrrole nitrogens is 1. The molecule has 47 heavy (non-hydrogen) atoms. The van der Waals surface area contributed by atoms with Gasteiger partial charge in [0.2, 0.25) is 5.91 Å². The lowest BCUT2D eigenvalue weighted by molar-refractivity contribution is -0.125. The maximum Gasteiger partial charge on any atom is 0.253 e. The zero-order valence-electron chi connectivity index (χ0n) is 27.6. The number of ether oxygens (including phenoxy) is 4. The molecule has 4 aromatic rings. The molecule has 2 N–H and O–H groups in total. The molecule has 2 aliphatic heterocycles. The standard InChI is InChI=1S/C37H44N4O6/c1-24-25(2)38-31-11-10-28(19-30(24)31)37(43)41-15-13-33-32(21-41)39-36(42)22-40(14-6-16-44-3)20-26-9-12-34(45-4)35(18-26)47-29-8-5-7-27(17-29)23-46-33/h5,7-12,17-19,32-33,38H,6,13-16,20-23H2,1-4H3,(H,39,42)/t32-,33+/m0/s1. The second-order valence-electron chi connectivity index (χ2n) is 12.5. The Bertz CT molecular complexity index is 1740. The Hall–Kier alpha value is -4.38. The molecule has 10 heteroatoms. The predicted molar refractivity (Wildman–Crippen MR) is 180 cm³/mol. The van der Waals surface area contributed by atoms with Gasteiger partial charge >= 0.3 is 0 Å². The van der Waals surface area contributed by atoms with Gasteiger partial charge in [0.15, 0.2) is 11.5 Å². The van der Waals surface area contributed by atoms with Gasteiger partial charge in [-0.25, -0.2) is 0 Å². The summed E-state index contributed by atoms with van der Waals surface area (Å²) in [6.45, 7) is 7.30. The molecule has 1 saturated heterocycles. The fourth-order valence-electron chi connectivity index (χ4n) is 6.52. The van der Waals surface area contributed by atoms with Gasteiger partial charge in [-0.1, -0.05) is 18.2 Å². The Balaban J connectivity index is 1.26. The first-order chi connectivity index (χ1) is 22.8. The number of fused-ring (bicyclic) bond motifs is 6. The Morgan fingerprint density at radius 2 is 1.89 bits per heavy atom. The number of benzene rings is 3. The van der Waals surface area contributed by atoms with Crippen molar-refractivity contribution in [2.75, 3.05) is 47.0 Å². The molecule has 2 amide bonds. The van der Waals surface area contributed by atoms with Crippen LogP contribution in [0.1, 0.15) is 45.6 Å². The molecule has 10 nitrogen and oxygen atoms in total. The molecule has 2 atom stereocenters. The van der Waals surface area contributed by atoms with Crippen LogP contribution in [-0.2, 0) is 27.4 Å². The Labute approximate surface area is 275 Å². The molecule has 0 aliphatic carbocycles. The van der Waals surface area contributed by atoms with E-state index in [-0.39, 0.29) is 30.5 Å². The lowest BCUT2D eigenvalue weighted by Crippen LogP contribution is -2.58. The third-order valence-corrected chi connectivity index (χ3v) is 9.15. The molecule has 1 fully saturated rings. The number of aromatic amines is 1. The van der Waals surface area contributed by atoms with Crippen molar-refractivity contribution >= 4 is 22.7 Å². The van der Waals surface area contributed by atoms with Gasteiger partial charge in [0.25, 0.3) is 5.91 Å². The fourth-order valence-corrected chi connectivity index (χ4v) is 6.52. The molecular weight excluding hydrogens is 596 g/mol. The van der Waals surface area contributed by atoms with Crippen molar-refractivity contribution in [1.82, 2.24) is 20.1 Å². The van der Waals surface area contributed by atoms with E-state index in [1.165, 1.54) is 0 Å². The van der Waals surface area contributed by atoms with Crippen LogP contribution in [0.5, 0.6) is 17.2 Å². The molecule has 3 heterocycles. The molecule has 3 aromatic carbocycles. The van der Waals surface area contributed by atoms with E-state index in [4.69, 9.17) is 18.9 Å². The number of methoxy groups -OCH3 is 2. The number of likely N-dealkylation sites (tertiary alicyclic amines) is 1. The quantitative estimate of drug-likeness (QED) is 0.274. The molecule has 1 aromatic heterocycles. The van der Waals surface area contributed by atoms with E-state index in [0.717, 1.165) is 39.7 Å². The van der Waals surface area contributed by atoms with Crippen molar-refractivity contribution in [3.63, 3.8) is 0 Å². The van der Waals surface area contributed by atoms with Gasteiger partial charge in [-0.2, -0.15) is 0 Å². The number of rotatable bonds is 6. The largest absolute Gasteiger partial charge is 0.493 e. The first kappa shape index (κ1) is 32.6. The maximum absolute atomic E-state index is 13.8. The predicted octanol–water partition coefficient (Wildman–Crippen LogP) is 5.35. The van der Waals surface area contributed by atoms with Crippen molar-refractivity contribution < 1.29 is 28.5 Å². The van der Waals surface area contributed by atoms with Crippen LogP contribution in [-0.4, -0.2) is 85.7 Å². The average molecular weight is 641 g/mol. The number of carbonyl (C=O) groups excluding carboxylic acids is 2. The minimum atomic E-state index is -0.374. The second-order valence-corrected chi connectivity index (χ2v) is 12.5. The highest BCUT2D eigenvalue weighted by Gasteiger charge is 2.34. The highest BCUT2D eigenvalue weighted by molar-refractivity contribution is 5.99. The Morgan fingerprint density at radius 1 is 1.02 bits per heavy atom. The number of nitrogens with zero attached hydrogens (tertiary/aromatic N) is 2. The van der Waals surface area contributed by atoms with Gasteiger partial charge < -0.3 is 34.1 Å². The second kappa shape index (κ2) is 14.6. The number of hydrogen-bond donors (Lipinski definition) is 2. The van der Waals surface area contributed by atoms with Gasteiger partial charge in [0.1, 0.15) is 5.75 Å². The number of hydrogen-bond acceptors (Lipinski definition) is 7. The molecule has 4 bridgehead atoms. The summed E-state index contributed by atoms with van der Waals surface area (Å²) >= 11 is 0. The zero-order valence-corrected chi connectivity index (χ0v) is 27.6. The van der Waals surface area contributed by atoms with Gasteiger partial charge in [0.05, 0.1) is 32.4 Å². The van der Waals surface area contributed by atoms with Crippen LogP contribution in [0, 0.1) is 13.8 Å². The summed E-state index contributed by atoms with van der Waals surface area (Å²) in [5.74, 6) is 1.75. The number of aromatic nitrogens is 1. The molecule has 2 aliphatic rings. The van der Waals surface area contributed by atoms with Crippen molar-refractivity contribution in [2.45, 2.75) is 52.0 Å². The van der Waals surface area contributed by atoms with E-state index < -0.39 is 0 Å². The van der Waals surface area contributed by atoms with Crippen LogP contribution < -0.4 is 14.8 Å². The van der Waals surface area contributed by atoms with Crippen LogP contribution in [0.25, 0.3) is 10.9 Å². The van der Waals surface area contributed by atoms with E-state index in [1.54, 1.807) is 14.2 Å². The third-order valence-electron chi connectivity index (χ3n) is 9.15. The van der Waals surface area contributed by atoms with Crippen molar-refractivity contribution in [2.24, 2.45) is 0 Å². The number of amides is 2. The number of nitrogens with one attached hydrogen (secondary N) is 2. The van der Waals surface area contributed by atoms with Crippen molar-refractivity contribution in [3.05, 3.63) is 88.6 Å². The van der Waals surface area contributed by atoms with Gasteiger partial charge in [-0.3, -0.25) is 14.5 Å². The summed E-state index contributed by atoms with van der Waals surface area (Å²) in [7, 11) is 3.30. The van der Waals surface area contributed by atoms with Gasteiger partial charge in [-0.05, 0) is 85.8 Å². The highest BCUT2D eigenvalue weighted by Crippen LogP contribution is 2.33. The van der Waals surface area contributed by atoms with E-state index in [2.05, 4.69) is 22.1 Å². The summed E-state index contributed by atoms with van der Waals surface area (Å²) in [5, 5.41) is 4.30. The van der Waals surface area contributed by atoms with E-state index >= 15 is 0 Å². The monoisotopic (exact) mass is 640 g/mol. The SMILES string of the molecule is COCCCN1CC(=O)N[C@H]2CN(C(=O)c3ccc4[nH]c(C)c(C)c4c3)CC[C@H]2OCc2cccc(c2)Oc2cc(ccc2OC)C1. The van der Waals surface area contributed by atoms with Crippen LogP contribution >= 0.6 is 0 Å². The van der Waals surface area contributed by atoms with E-state index in [1.807, 2.05) is 72.5 Å². The first-order valence-electron chi connectivity index (χ1n) is 16.3. The number of piperidine rings is 1. The maximum atomic E-state index is 13.8. The number of carbonyl (C=O) groups is 2. The smallest absolute Gasteiger partial charge is 0.253 e. The molecule has 0 saturated carbocycles. The molecule has 0 spiro atoms. The normalized spacial score (nSPS) is 19.1. The van der Waals surface area contributed by atoms with Gasteiger partial charge in [-0.15, -0.1) is 0 Å². The first-order valence-corrected chi connectivity index (χ1v) is 16.3. The number of aryl methyl sites for hydroxylation is 2. The molecule has 0 radical (unpaired) electrons. The molecule has 6 rings (SSSR count). The third kappa shape index (κ3) is 7.62. The molecular formula is C37H44N4O6. The topological polar surface area (TPSA) is 105 Å². The Morgan fingerprint density at radius 3 is 2.72 bits per heavy atom. The minimum absolute atomic E-state index is 0.0497. The van der Waals surface area contributed by atoms with Gasteiger partial charge in [0, 0.05) is 62.1 Å². The van der Waals surface area contributed by atoms with Crippen LogP contribution in [0.2, 0.25) is 0 Å². The fraction of sp³-hybridized carbons (Fsp3) is 0.405. The van der Waals surface area contributed by atoms with Crippen LogP contribution in [0.4, 0.5) is 0 Å². The molecule has 248 valence electrons. The van der Waals surface area contributed by atoms with E-state index in [9.17, 15) is 9.59 Å².